The fraction of sp³-hybridized carbons (Fsp3) is 0.333. The summed E-state index contributed by atoms with van der Waals surface area (Å²) in [7, 11) is 0. The van der Waals surface area contributed by atoms with E-state index in [0.29, 0.717) is 42.3 Å². The second kappa shape index (κ2) is 9.52. The van der Waals surface area contributed by atoms with Gasteiger partial charge in [-0.3, -0.25) is 14.4 Å². The summed E-state index contributed by atoms with van der Waals surface area (Å²) >= 11 is 6.00. The molecule has 0 spiro atoms. The van der Waals surface area contributed by atoms with Crippen LogP contribution in [0.1, 0.15) is 28.8 Å². The van der Waals surface area contributed by atoms with Gasteiger partial charge in [0.1, 0.15) is 5.82 Å². The van der Waals surface area contributed by atoms with E-state index in [1.54, 1.807) is 41.4 Å². The number of rotatable bonds is 5. The van der Waals surface area contributed by atoms with Crippen molar-refractivity contribution < 1.29 is 14.4 Å². The third-order valence-corrected chi connectivity index (χ3v) is 5.23. The SMILES string of the molecule is Cc1ccc(NC(=O)C2CCN(C(=O)CNC(=O)c3ccccc3Cl)CC2)nc1. The summed E-state index contributed by atoms with van der Waals surface area (Å²) in [6, 6.07) is 10.3. The highest BCUT2D eigenvalue weighted by atomic mass is 35.5. The molecule has 0 radical (unpaired) electrons. The Hall–Kier alpha value is -2.93. The Morgan fingerprint density at radius 1 is 1.14 bits per heavy atom. The van der Waals surface area contributed by atoms with Crippen molar-refractivity contribution in [3.05, 3.63) is 58.7 Å². The number of aryl methyl sites for hydroxylation is 1. The lowest BCUT2D eigenvalue weighted by atomic mass is 9.96. The largest absolute Gasteiger partial charge is 0.343 e. The molecule has 2 N–H and O–H groups in total. The van der Waals surface area contributed by atoms with Crippen LogP contribution in [0.2, 0.25) is 5.02 Å². The molecule has 7 nitrogen and oxygen atoms in total. The molecule has 8 heteroatoms. The standard InChI is InChI=1S/C21H23ClN4O3/c1-14-6-7-18(23-12-14)25-20(28)15-8-10-26(11-9-15)19(27)13-24-21(29)16-4-2-3-5-17(16)22/h2-7,12,15H,8-11,13H2,1H3,(H,24,29)(H,23,25,28). The lowest BCUT2D eigenvalue weighted by Crippen LogP contribution is -2.45. The number of anilines is 1. The summed E-state index contributed by atoms with van der Waals surface area (Å²) < 4.78 is 0. The number of amides is 3. The van der Waals surface area contributed by atoms with Gasteiger partial charge in [0.25, 0.3) is 5.91 Å². The Balaban J connectivity index is 1.44. The summed E-state index contributed by atoms with van der Waals surface area (Å²) in [4.78, 5) is 42.8. The first-order valence-corrected chi connectivity index (χ1v) is 9.86. The van der Waals surface area contributed by atoms with Gasteiger partial charge in [-0.25, -0.2) is 4.98 Å². The van der Waals surface area contributed by atoms with Crippen LogP contribution in [0, 0.1) is 12.8 Å². The van der Waals surface area contributed by atoms with Crippen LogP contribution in [-0.2, 0) is 9.59 Å². The first-order chi connectivity index (χ1) is 13.9. The van der Waals surface area contributed by atoms with Crippen LogP contribution in [0.4, 0.5) is 5.82 Å². The van der Waals surface area contributed by atoms with Crippen molar-refractivity contribution in [3.8, 4) is 0 Å². The number of likely N-dealkylation sites (tertiary alicyclic amines) is 1. The van der Waals surface area contributed by atoms with Gasteiger partial charge in [-0.15, -0.1) is 0 Å². The molecule has 1 fully saturated rings. The zero-order valence-corrected chi connectivity index (χ0v) is 16.9. The van der Waals surface area contributed by atoms with Crippen LogP contribution < -0.4 is 10.6 Å². The maximum absolute atomic E-state index is 12.4. The van der Waals surface area contributed by atoms with Gasteiger partial charge < -0.3 is 15.5 Å². The smallest absolute Gasteiger partial charge is 0.253 e. The summed E-state index contributed by atoms with van der Waals surface area (Å²) in [5.41, 5.74) is 1.36. The van der Waals surface area contributed by atoms with Gasteiger partial charge in [0.15, 0.2) is 0 Å². The van der Waals surface area contributed by atoms with Gasteiger partial charge >= 0.3 is 0 Å². The number of carbonyl (C=O) groups is 3. The van der Waals surface area contributed by atoms with Crippen LogP contribution in [0.15, 0.2) is 42.6 Å². The molecule has 3 rings (SSSR count). The molecule has 2 heterocycles. The third kappa shape index (κ3) is 5.54. The molecule has 1 aliphatic rings. The van der Waals surface area contributed by atoms with Crippen molar-refractivity contribution >= 4 is 35.1 Å². The molecule has 2 aromatic rings. The first kappa shape index (κ1) is 20.8. The van der Waals surface area contributed by atoms with Crippen LogP contribution in [0.25, 0.3) is 0 Å². The maximum atomic E-state index is 12.4. The molecule has 0 bridgehead atoms. The monoisotopic (exact) mass is 414 g/mol. The Bertz CT molecular complexity index is 893. The number of nitrogens with zero attached hydrogens (tertiary/aromatic N) is 2. The number of piperidine rings is 1. The van der Waals surface area contributed by atoms with E-state index in [1.165, 1.54) is 0 Å². The molecule has 29 heavy (non-hydrogen) atoms. The number of hydrogen-bond acceptors (Lipinski definition) is 4. The highest BCUT2D eigenvalue weighted by Gasteiger charge is 2.27. The van der Waals surface area contributed by atoms with Crippen LogP contribution in [-0.4, -0.2) is 47.2 Å². The van der Waals surface area contributed by atoms with Crippen LogP contribution in [0.5, 0.6) is 0 Å². The molecular formula is C21H23ClN4O3. The predicted molar refractivity (Wildman–Crippen MR) is 111 cm³/mol. The molecule has 1 saturated heterocycles. The molecule has 0 saturated carbocycles. The van der Waals surface area contributed by atoms with Crippen LogP contribution >= 0.6 is 11.6 Å². The summed E-state index contributed by atoms with van der Waals surface area (Å²) in [6.07, 6.45) is 2.84. The number of pyridine rings is 1. The van der Waals surface area contributed by atoms with Gasteiger partial charge in [-0.1, -0.05) is 29.8 Å². The maximum Gasteiger partial charge on any atom is 0.253 e. The molecule has 1 aromatic heterocycles. The molecule has 0 atom stereocenters. The van der Waals surface area contributed by atoms with E-state index in [1.807, 2.05) is 13.0 Å². The zero-order valence-electron chi connectivity index (χ0n) is 16.2. The van der Waals surface area contributed by atoms with Crippen molar-refractivity contribution in [2.24, 2.45) is 5.92 Å². The minimum atomic E-state index is -0.385. The normalized spacial score (nSPS) is 14.3. The van der Waals surface area contributed by atoms with Crippen molar-refractivity contribution in [2.75, 3.05) is 25.0 Å². The van der Waals surface area contributed by atoms with E-state index < -0.39 is 0 Å². The lowest BCUT2D eigenvalue weighted by Gasteiger charge is -2.31. The molecule has 3 amide bonds. The van der Waals surface area contributed by atoms with E-state index in [2.05, 4.69) is 15.6 Å². The lowest BCUT2D eigenvalue weighted by molar-refractivity contribution is -0.133. The summed E-state index contributed by atoms with van der Waals surface area (Å²) in [5, 5.41) is 5.77. The predicted octanol–water partition coefficient (Wildman–Crippen LogP) is 2.65. The number of benzene rings is 1. The highest BCUT2D eigenvalue weighted by Crippen LogP contribution is 2.19. The van der Waals surface area contributed by atoms with E-state index in [-0.39, 0.29) is 30.2 Å². The highest BCUT2D eigenvalue weighted by molar-refractivity contribution is 6.33. The van der Waals surface area contributed by atoms with Gasteiger partial charge in [0.05, 0.1) is 17.1 Å². The van der Waals surface area contributed by atoms with E-state index in [9.17, 15) is 14.4 Å². The molecular weight excluding hydrogens is 392 g/mol. The molecule has 152 valence electrons. The number of aromatic nitrogens is 1. The number of hydrogen-bond donors (Lipinski definition) is 2. The molecule has 0 aliphatic carbocycles. The molecule has 0 unspecified atom stereocenters. The first-order valence-electron chi connectivity index (χ1n) is 9.48. The Morgan fingerprint density at radius 2 is 1.86 bits per heavy atom. The molecule has 1 aliphatic heterocycles. The molecule has 1 aromatic carbocycles. The Kier molecular flexibility index (Phi) is 6.82. The van der Waals surface area contributed by atoms with E-state index in [0.717, 1.165) is 5.56 Å². The summed E-state index contributed by atoms with van der Waals surface area (Å²) in [6.45, 7) is 2.77. The second-order valence-electron chi connectivity index (χ2n) is 7.03. The van der Waals surface area contributed by atoms with Crippen LogP contribution in [0.3, 0.4) is 0 Å². The van der Waals surface area contributed by atoms with Crippen molar-refractivity contribution in [1.29, 1.82) is 0 Å². The van der Waals surface area contributed by atoms with Crippen molar-refractivity contribution in [1.82, 2.24) is 15.2 Å². The van der Waals surface area contributed by atoms with Gasteiger partial charge in [-0.2, -0.15) is 0 Å². The fourth-order valence-electron chi connectivity index (χ4n) is 3.17. The second-order valence-corrected chi connectivity index (χ2v) is 7.43. The average Bonchev–Trinajstić information content (AvgIpc) is 2.74. The van der Waals surface area contributed by atoms with Crippen molar-refractivity contribution in [2.45, 2.75) is 19.8 Å². The van der Waals surface area contributed by atoms with Crippen molar-refractivity contribution in [3.63, 3.8) is 0 Å². The third-order valence-electron chi connectivity index (χ3n) is 4.90. The van der Waals surface area contributed by atoms with E-state index >= 15 is 0 Å². The fourth-order valence-corrected chi connectivity index (χ4v) is 3.39. The summed E-state index contributed by atoms with van der Waals surface area (Å²) in [5.74, 6) is -0.282. The number of nitrogens with one attached hydrogen (secondary N) is 2. The topological polar surface area (TPSA) is 91.4 Å². The average molecular weight is 415 g/mol. The van der Waals surface area contributed by atoms with Gasteiger partial charge in [0.2, 0.25) is 11.8 Å². The van der Waals surface area contributed by atoms with E-state index in [4.69, 9.17) is 11.6 Å². The Morgan fingerprint density at radius 3 is 2.52 bits per heavy atom. The number of carbonyl (C=O) groups excluding carboxylic acids is 3. The van der Waals surface area contributed by atoms with Gasteiger partial charge in [-0.05, 0) is 43.5 Å². The minimum Gasteiger partial charge on any atom is -0.343 e. The quantitative estimate of drug-likeness (QED) is 0.786. The number of halogens is 1. The zero-order chi connectivity index (χ0) is 20.8. The van der Waals surface area contributed by atoms with Gasteiger partial charge in [0, 0.05) is 25.2 Å². The Labute approximate surface area is 174 Å². The minimum absolute atomic E-state index is 0.0829.